The fourth-order valence-corrected chi connectivity index (χ4v) is 2.60. The van der Waals surface area contributed by atoms with Crippen molar-refractivity contribution in [3.8, 4) is 0 Å². The summed E-state index contributed by atoms with van der Waals surface area (Å²) in [6.45, 7) is 7.82. The molecule has 0 aliphatic rings. The van der Waals surface area contributed by atoms with Crippen LogP contribution in [0.2, 0.25) is 0 Å². The van der Waals surface area contributed by atoms with Crippen LogP contribution in [0.3, 0.4) is 0 Å². The largest absolute Gasteiger partial charge is 0.343 e. The molecule has 0 aliphatic carbocycles. The summed E-state index contributed by atoms with van der Waals surface area (Å²) in [5.41, 5.74) is 4.52. The molecule has 1 N–H and O–H groups in total. The van der Waals surface area contributed by atoms with Crippen molar-refractivity contribution in [1.82, 2.24) is 0 Å². The Morgan fingerprint density at radius 1 is 0.952 bits per heavy atom. The highest BCUT2D eigenvalue weighted by atomic mass is 31.1. The highest BCUT2D eigenvalue weighted by Crippen LogP contribution is 2.16. The van der Waals surface area contributed by atoms with Gasteiger partial charge < -0.3 is 4.89 Å². The predicted molar refractivity (Wildman–Crippen MR) is 88.0 cm³/mol. The molecule has 0 aromatic heterocycles. The summed E-state index contributed by atoms with van der Waals surface area (Å²) in [6, 6.07) is 12.7. The van der Waals surface area contributed by atoms with Gasteiger partial charge in [-0.1, -0.05) is 36.4 Å². The standard InChI is InChI=1S/C9H12.C8H9O3P/c1-7-5-4-6-8(2)9(7)3;1-6(9)7-4-2-3-5-8(7)12(10)11/h4-6H,1-3H3;2-5,12H,1H3,(H,10,11). The van der Waals surface area contributed by atoms with Gasteiger partial charge in [-0.25, -0.2) is 0 Å². The Kier molecular flexibility index (Phi) is 6.54. The van der Waals surface area contributed by atoms with Crippen molar-refractivity contribution in [3.05, 3.63) is 64.7 Å². The molecular weight excluding hydrogens is 283 g/mol. The zero-order chi connectivity index (χ0) is 16.0. The smallest absolute Gasteiger partial charge is 0.218 e. The van der Waals surface area contributed by atoms with Crippen LogP contribution in [-0.2, 0) is 4.57 Å². The number of rotatable bonds is 2. The molecule has 1 unspecified atom stereocenters. The lowest BCUT2D eigenvalue weighted by Gasteiger charge is -2.00. The first kappa shape index (κ1) is 17.4. The summed E-state index contributed by atoms with van der Waals surface area (Å²) >= 11 is 0. The van der Waals surface area contributed by atoms with E-state index in [-0.39, 0.29) is 11.1 Å². The average Bonchev–Trinajstić information content (AvgIpc) is 2.45. The second-order valence-corrected chi connectivity index (χ2v) is 6.07. The molecule has 0 bridgehead atoms. The van der Waals surface area contributed by atoms with Crippen LogP contribution < -0.4 is 5.30 Å². The van der Waals surface area contributed by atoms with E-state index in [1.165, 1.54) is 29.7 Å². The molecule has 0 spiro atoms. The van der Waals surface area contributed by atoms with Crippen LogP contribution in [0.25, 0.3) is 0 Å². The third-order valence-electron chi connectivity index (χ3n) is 3.41. The van der Waals surface area contributed by atoms with Crippen molar-refractivity contribution in [2.24, 2.45) is 0 Å². The molecule has 0 heterocycles. The van der Waals surface area contributed by atoms with Gasteiger partial charge in [0, 0.05) is 10.9 Å². The van der Waals surface area contributed by atoms with Crippen molar-refractivity contribution in [1.29, 1.82) is 0 Å². The quantitative estimate of drug-likeness (QED) is 0.681. The summed E-state index contributed by atoms with van der Waals surface area (Å²) in [5, 5.41) is 0.245. The minimum Gasteiger partial charge on any atom is -0.343 e. The fourth-order valence-electron chi connectivity index (χ4n) is 1.87. The molecule has 3 nitrogen and oxygen atoms in total. The van der Waals surface area contributed by atoms with Crippen LogP contribution in [0, 0.1) is 20.8 Å². The third-order valence-corrected chi connectivity index (χ3v) is 4.31. The third kappa shape index (κ3) is 4.96. The van der Waals surface area contributed by atoms with Crippen molar-refractivity contribution in [2.75, 3.05) is 0 Å². The van der Waals surface area contributed by atoms with E-state index < -0.39 is 8.03 Å². The van der Waals surface area contributed by atoms with Crippen molar-refractivity contribution >= 4 is 19.1 Å². The SMILES string of the molecule is CC(=O)c1ccccc1[PH](=O)O.Cc1cccc(C)c1C. The average molecular weight is 304 g/mol. The number of ketones is 1. The summed E-state index contributed by atoms with van der Waals surface area (Å²) in [7, 11) is -2.76. The van der Waals surface area contributed by atoms with Gasteiger partial charge in [0.25, 0.3) is 0 Å². The van der Waals surface area contributed by atoms with Gasteiger partial charge >= 0.3 is 0 Å². The molecule has 21 heavy (non-hydrogen) atoms. The van der Waals surface area contributed by atoms with Crippen molar-refractivity contribution in [2.45, 2.75) is 27.7 Å². The second kappa shape index (κ2) is 7.92. The monoisotopic (exact) mass is 304 g/mol. The zero-order valence-electron chi connectivity index (χ0n) is 12.8. The van der Waals surface area contributed by atoms with E-state index in [4.69, 9.17) is 4.89 Å². The molecule has 0 saturated heterocycles. The molecule has 0 saturated carbocycles. The number of Topliss-reactive ketones (excluding diaryl/α,β-unsaturated/α-hetero) is 1. The second-order valence-electron chi connectivity index (χ2n) is 4.92. The van der Waals surface area contributed by atoms with Crippen LogP contribution in [0.15, 0.2) is 42.5 Å². The van der Waals surface area contributed by atoms with Crippen molar-refractivity contribution in [3.63, 3.8) is 0 Å². The van der Waals surface area contributed by atoms with Crippen LogP contribution in [-0.4, -0.2) is 10.7 Å². The van der Waals surface area contributed by atoms with E-state index in [9.17, 15) is 9.36 Å². The Labute approximate surface area is 126 Å². The van der Waals surface area contributed by atoms with E-state index in [1.807, 2.05) is 0 Å². The van der Waals surface area contributed by atoms with Gasteiger partial charge in [-0.15, -0.1) is 0 Å². The molecule has 2 aromatic carbocycles. The molecule has 1 atom stereocenters. The lowest BCUT2D eigenvalue weighted by Crippen LogP contribution is -2.08. The maximum absolute atomic E-state index is 10.9. The normalized spacial score (nSPS) is 11.3. The number of hydrogen-bond donors (Lipinski definition) is 1. The van der Waals surface area contributed by atoms with Gasteiger partial charge in [-0.2, -0.15) is 0 Å². The highest BCUT2D eigenvalue weighted by Gasteiger charge is 2.08. The van der Waals surface area contributed by atoms with Crippen LogP contribution in [0.5, 0.6) is 0 Å². The van der Waals surface area contributed by atoms with Gasteiger partial charge in [0.15, 0.2) is 5.78 Å². The molecule has 0 aliphatic heterocycles. The lowest BCUT2D eigenvalue weighted by molar-refractivity contribution is 0.101. The maximum Gasteiger partial charge on any atom is 0.218 e. The first-order valence-electron chi connectivity index (χ1n) is 6.70. The van der Waals surface area contributed by atoms with Gasteiger partial charge in [0.1, 0.15) is 0 Å². The minimum atomic E-state index is -2.76. The van der Waals surface area contributed by atoms with Crippen LogP contribution in [0.1, 0.15) is 34.0 Å². The molecule has 4 heteroatoms. The van der Waals surface area contributed by atoms with Crippen LogP contribution >= 0.6 is 8.03 Å². The fraction of sp³-hybridized carbons (Fsp3) is 0.235. The predicted octanol–water partition coefficient (Wildman–Crippen LogP) is 3.59. The Bertz CT molecular complexity index is 610. The first-order chi connectivity index (χ1) is 9.84. The lowest BCUT2D eigenvalue weighted by atomic mass is 10.1. The van der Waals surface area contributed by atoms with Gasteiger partial charge in [0.05, 0.1) is 0 Å². The summed E-state index contributed by atoms with van der Waals surface area (Å²) in [4.78, 5) is 19.8. The highest BCUT2D eigenvalue weighted by molar-refractivity contribution is 7.47. The van der Waals surface area contributed by atoms with Crippen LogP contribution in [0.4, 0.5) is 0 Å². The summed E-state index contributed by atoms with van der Waals surface area (Å²) in [6.07, 6.45) is 0. The maximum atomic E-state index is 10.9. The molecule has 0 fully saturated rings. The van der Waals surface area contributed by atoms with E-state index >= 15 is 0 Å². The van der Waals surface area contributed by atoms with E-state index in [0.717, 1.165) is 0 Å². The molecule has 112 valence electrons. The summed E-state index contributed by atoms with van der Waals surface area (Å²) < 4.78 is 10.8. The Morgan fingerprint density at radius 3 is 1.86 bits per heavy atom. The van der Waals surface area contributed by atoms with Gasteiger partial charge in [0.2, 0.25) is 8.03 Å². The van der Waals surface area contributed by atoms with Crippen molar-refractivity contribution < 1.29 is 14.3 Å². The van der Waals surface area contributed by atoms with Gasteiger partial charge in [-0.3, -0.25) is 9.36 Å². The molecular formula is C17H21O3P. The number of carbonyl (C=O) groups excluding carboxylic acids is 1. The van der Waals surface area contributed by atoms with E-state index in [0.29, 0.717) is 5.56 Å². The number of aryl methyl sites for hydroxylation is 2. The summed E-state index contributed by atoms with van der Waals surface area (Å²) in [5.74, 6) is -0.182. The Morgan fingerprint density at radius 2 is 1.48 bits per heavy atom. The first-order valence-corrected chi connectivity index (χ1v) is 8.06. The molecule has 0 radical (unpaired) electrons. The number of benzene rings is 2. The van der Waals surface area contributed by atoms with Gasteiger partial charge in [-0.05, 0) is 50.5 Å². The van der Waals surface area contributed by atoms with E-state index in [1.54, 1.807) is 18.2 Å². The topological polar surface area (TPSA) is 54.4 Å². The molecule has 2 rings (SSSR count). The minimum absolute atomic E-state index is 0.182. The molecule has 0 amide bonds. The Hall–Kier alpha value is -1.70. The Balaban J connectivity index is 0.000000219. The zero-order valence-corrected chi connectivity index (χ0v) is 13.8. The number of hydrogen-bond acceptors (Lipinski definition) is 2. The molecule has 2 aromatic rings. The number of carbonyl (C=O) groups is 1. The van der Waals surface area contributed by atoms with E-state index in [2.05, 4.69) is 39.0 Å².